The Kier molecular flexibility index (Phi) is 4.61. The van der Waals surface area contributed by atoms with Gasteiger partial charge in [0.1, 0.15) is 5.75 Å². The fraction of sp³-hybridized carbons (Fsp3) is 0.267. The van der Waals surface area contributed by atoms with Crippen LogP contribution in [0, 0.1) is 0 Å². The maximum absolute atomic E-state index is 11.7. The highest BCUT2D eigenvalue weighted by Gasteiger charge is 2.07. The summed E-state index contributed by atoms with van der Waals surface area (Å²) in [7, 11) is 0. The van der Waals surface area contributed by atoms with Crippen LogP contribution in [-0.2, 0) is 0 Å². The molecule has 1 heterocycles. The van der Waals surface area contributed by atoms with Crippen molar-refractivity contribution < 1.29 is 13.9 Å². The number of anilines is 1. The maximum atomic E-state index is 11.7. The Morgan fingerprint density at radius 1 is 1.26 bits per heavy atom. The Balaban J connectivity index is 1.78. The maximum Gasteiger partial charge on any atom is 0.199 e. The average molecular weight is 259 g/mol. The molecule has 0 saturated heterocycles. The molecule has 0 fully saturated rings. The van der Waals surface area contributed by atoms with E-state index in [1.165, 1.54) is 6.26 Å². The summed E-state index contributed by atoms with van der Waals surface area (Å²) in [5.74, 6) is 1.26. The topological polar surface area (TPSA) is 51.5 Å². The van der Waals surface area contributed by atoms with Gasteiger partial charge in [-0.25, -0.2) is 0 Å². The van der Waals surface area contributed by atoms with Gasteiger partial charge in [-0.05, 0) is 43.3 Å². The zero-order valence-corrected chi connectivity index (χ0v) is 10.9. The summed E-state index contributed by atoms with van der Waals surface area (Å²) in [6.07, 6.45) is 1.91. The molecule has 4 nitrogen and oxygen atoms in total. The van der Waals surface area contributed by atoms with Gasteiger partial charge in [0.05, 0.1) is 12.9 Å². The molecule has 0 bridgehead atoms. The first kappa shape index (κ1) is 13.2. The van der Waals surface area contributed by atoms with Crippen molar-refractivity contribution >= 4 is 11.5 Å². The second-order valence-electron chi connectivity index (χ2n) is 4.03. The number of hydrogen-bond acceptors (Lipinski definition) is 4. The first-order chi connectivity index (χ1) is 9.29. The molecule has 0 radical (unpaired) electrons. The molecule has 2 aromatic rings. The summed E-state index contributed by atoms with van der Waals surface area (Å²) in [6, 6.07) is 11.1. The van der Waals surface area contributed by atoms with E-state index < -0.39 is 0 Å². The van der Waals surface area contributed by atoms with Crippen LogP contribution in [0.4, 0.5) is 5.69 Å². The smallest absolute Gasteiger partial charge is 0.199 e. The van der Waals surface area contributed by atoms with E-state index in [9.17, 15) is 4.79 Å². The number of ether oxygens (including phenoxy) is 1. The fourth-order valence-electron chi connectivity index (χ4n) is 1.72. The lowest BCUT2D eigenvalue weighted by Crippen LogP contribution is -2.08. The molecular formula is C15H17NO3. The van der Waals surface area contributed by atoms with Crippen molar-refractivity contribution in [2.75, 3.05) is 18.5 Å². The van der Waals surface area contributed by atoms with Crippen molar-refractivity contribution in [2.24, 2.45) is 0 Å². The Hall–Kier alpha value is -2.23. The highest BCUT2D eigenvalue weighted by Crippen LogP contribution is 2.15. The minimum absolute atomic E-state index is 0.00318. The van der Waals surface area contributed by atoms with E-state index in [4.69, 9.17) is 9.15 Å². The van der Waals surface area contributed by atoms with Crippen LogP contribution in [0.15, 0.2) is 47.1 Å². The Bertz CT molecular complexity index is 503. The molecule has 0 aliphatic heterocycles. The summed E-state index contributed by atoms with van der Waals surface area (Å²) in [5.41, 5.74) is 0.968. The number of rotatable bonds is 7. The Morgan fingerprint density at radius 3 is 2.68 bits per heavy atom. The normalized spacial score (nSPS) is 10.2. The number of furan rings is 1. The summed E-state index contributed by atoms with van der Waals surface area (Å²) < 4.78 is 10.4. The number of carbonyl (C=O) groups excluding carboxylic acids is 1. The van der Waals surface area contributed by atoms with E-state index in [0.717, 1.165) is 11.4 Å². The van der Waals surface area contributed by atoms with Crippen LogP contribution in [0.1, 0.15) is 23.9 Å². The van der Waals surface area contributed by atoms with Gasteiger partial charge in [0.2, 0.25) is 0 Å². The van der Waals surface area contributed by atoms with Gasteiger partial charge in [0.25, 0.3) is 0 Å². The third-order valence-corrected chi connectivity index (χ3v) is 2.64. The van der Waals surface area contributed by atoms with Crippen LogP contribution < -0.4 is 10.1 Å². The molecule has 100 valence electrons. The molecule has 1 aromatic heterocycles. The molecule has 0 spiro atoms. The Morgan fingerprint density at radius 2 is 2.05 bits per heavy atom. The molecule has 1 aromatic carbocycles. The lowest BCUT2D eigenvalue weighted by atomic mass is 10.2. The van der Waals surface area contributed by atoms with Gasteiger partial charge in [0.15, 0.2) is 11.5 Å². The molecule has 0 aliphatic carbocycles. The standard InChI is InChI=1S/C15H17NO3/c1-2-18-13-7-5-12(6-8-13)16-10-9-14(17)15-4-3-11-19-15/h3-8,11,16H,2,9-10H2,1H3. The van der Waals surface area contributed by atoms with Crippen LogP contribution in [0.5, 0.6) is 5.75 Å². The monoisotopic (exact) mass is 259 g/mol. The van der Waals surface area contributed by atoms with Gasteiger partial charge < -0.3 is 14.5 Å². The SMILES string of the molecule is CCOc1ccc(NCCC(=O)c2ccco2)cc1. The number of nitrogens with one attached hydrogen (secondary N) is 1. The van der Waals surface area contributed by atoms with Gasteiger partial charge in [-0.3, -0.25) is 4.79 Å². The molecule has 4 heteroatoms. The summed E-state index contributed by atoms with van der Waals surface area (Å²) in [5, 5.41) is 3.19. The van der Waals surface area contributed by atoms with E-state index in [2.05, 4.69) is 5.32 Å². The molecular weight excluding hydrogens is 242 g/mol. The number of ketones is 1. The van der Waals surface area contributed by atoms with E-state index in [1.807, 2.05) is 31.2 Å². The van der Waals surface area contributed by atoms with Gasteiger partial charge in [-0.1, -0.05) is 0 Å². The van der Waals surface area contributed by atoms with Crippen molar-refractivity contribution in [1.82, 2.24) is 0 Å². The average Bonchev–Trinajstić information content (AvgIpc) is 2.95. The van der Waals surface area contributed by atoms with Crippen molar-refractivity contribution in [2.45, 2.75) is 13.3 Å². The van der Waals surface area contributed by atoms with Gasteiger partial charge in [-0.2, -0.15) is 0 Å². The van der Waals surface area contributed by atoms with Crippen molar-refractivity contribution in [1.29, 1.82) is 0 Å². The van der Waals surface area contributed by atoms with E-state index in [-0.39, 0.29) is 5.78 Å². The van der Waals surface area contributed by atoms with E-state index in [0.29, 0.717) is 25.3 Å². The molecule has 0 saturated carbocycles. The quantitative estimate of drug-likeness (QED) is 0.775. The lowest BCUT2D eigenvalue weighted by Gasteiger charge is -2.07. The molecule has 0 atom stereocenters. The zero-order chi connectivity index (χ0) is 13.5. The first-order valence-corrected chi connectivity index (χ1v) is 6.33. The third-order valence-electron chi connectivity index (χ3n) is 2.64. The lowest BCUT2D eigenvalue weighted by molar-refractivity contribution is 0.0960. The molecule has 19 heavy (non-hydrogen) atoms. The molecule has 0 aliphatic rings. The second kappa shape index (κ2) is 6.64. The van der Waals surface area contributed by atoms with Crippen LogP contribution in [0.25, 0.3) is 0 Å². The molecule has 0 unspecified atom stereocenters. The van der Waals surface area contributed by atoms with Crippen molar-refractivity contribution in [3.63, 3.8) is 0 Å². The van der Waals surface area contributed by atoms with E-state index in [1.54, 1.807) is 12.1 Å². The Labute approximate surface area is 112 Å². The largest absolute Gasteiger partial charge is 0.494 e. The molecule has 1 N–H and O–H groups in total. The third kappa shape index (κ3) is 3.88. The highest BCUT2D eigenvalue weighted by molar-refractivity contribution is 5.93. The van der Waals surface area contributed by atoms with Crippen molar-refractivity contribution in [3.05, 3.63) is 48.4 Å². The predicted molar refractivity (Wildman–Crippen MR) is 73.8 cm³/mol. The minimum Gasteiger partial charge on any atom is -0.494 e. The van der Waals surface area contributed by atoms with E-state index >= 15 is 0 Å². The van der Waals surface area contributed by atoms with Gasteiger partial charge in [-0.15, -0.1) is 0 Å². The first-order valence-electron chi connectivity index (χ1n) is 6.33. The van der Waals surface area contributed by atoms with Gasteiger partial charge in [0, 0.05) is 18.7 Å². The zero-order valence-electron chi connectivity index (χ0n) is 10.9. The van der Waals surface area contributed by atoms with Crippen LogP contribution >= 0.6 is 0 Å². The van der Waals surface area contributed by atoms with Crippen molar-refractivity contribution in [3.8, 4) is 5.75 Å². The van der Waals surface area contributed by atoms with Crippen LogP contribution in [-0.4, -0.2) is 18.9 Å². The number of hydrogen-bond donors (Lipinski definition) is 1. The van der Waals surface area contributed by atoms with Crippen LogP contribution in [0.2, 0.25) is 0 Å². The number of benzene rings is 1. The molecule has 2 rings (SSSR count). The number of carbonyl (C=O) groups is 1. The highest BCUT2D eigenvalue weighted by atomic mass is 16.5. The fourth-order valence-corrected chi connectivity index (χ4v) is 1.72. The summed E-state index contributed by atoms with van der Waals surface area (Å²) in [4.78, 5) is 11.7. The minimum atomic E-state index is 0.00318. The molecule has 0 amide bonds. The second-order valence-corrected chi connectivity index (χ2v) is 4.03. The summed E-state index contributed by atoms with van der Waals surface area (Å²) >= 11 is 0. The van der Waals surface area contributed by atoms with Crippen LogP contribution in [0.3, 0.4) is 0 Å². The predicted octanol–water partition coefficient (Wildman–Crippen LogP) is 3.36. The number of Topliss-reactive ketones (excluding diaryl/α,β-unsaturated/α-hetero) is 1. The summed E-state index contributed by atoms with van der Waals surface area (Å²) in [6.45, 7) is 3.18. The van der Waals surface area contributed by atoms with Gasteiger partial charge >= 0.3 is 0 Å².